The Morgan fingerprint density at radius 2 is 2.38 bits per heavy atom. The fourth-order valence-electron chi connectivity index (χ4n) is 0.463. The molecule has 46 valence electrons. The number of rotatable bonds is 3. The van der Waals surface area contributed by atoms with E-state index in [0.29, 0.717) is 0 Å². The fraction of sp³-hybridized carbons (Fsp3) is 0.500. The summed E-state index contributed by atoms with van der Waals surface area (Å²) in [5.74, 6) is 0. The first-order chi connectivity index (χ1) is 3.81. The van der Waals surface area contributed by atoms with Crippen LogP contribution in [0.2, 0.25) is 0 Å². The van der Waals surface area contributed by atoms with Gasteiger partial charge < -0.3 is 10.7 Å². The van der Waals surface area contributed by atoms with E-state index in [9.17, 15) is 0 Å². The number of hydrogen-bond acceptors (Lipinski definition) is 2. The quantitative estimate of drug-likeness (QED) is 0.528. The van der Waals surface area contributed by atoms with Crippen LogP contribution < -0.4 is 5.32 Å². The van der Waals surface area contributed by atoms with Gasteiger partial charge in [0.05, 0.1) is 0 Å². The van der Waals surface area contributed by atoms with E-state index in [4.69, 9.17) is 5.41 Å². The van der Waals surface area contributed by atoms with E-state index in [-0.39, 0.29) is 0 Å². The molecular weight excluding hydrogens is 100 g/mol. The fourth-order valence-corrected chi connectivity index (χ4v) is 0.463. The van der Waals surface area contributed by atoms with Gasteiger partial charge in [-0.2, -0.15) is 0 Å². The first kappa shape index (κ1) is 7.21. The zero-order valence-corrected chi connectivity index (χ0v) is 5.36. The Hall–Kier alpha value is -0.790. The van der Waals surface area contributed by atoms with E-state index < -0.39 is 0 Å². The van der Waals surface area contributed by atoms with Crippen LogP contribution in [-0.2, 0) is 0 Å². The minimum atomic E-state index is 0.927. The van der Waals surface area contributed by atoms with Gasteiger partial charge in [-0.1, -0.05) is 0 Å². The third-order valence-electron chi connectivity index (χ3n) is 0.789. The maximum Gasteiger partial charge on any atom is 0.0194 e. The summed E-state index contributed by atoms with van der Waals surface area (Å²) < 4.78 is 0. The van der Waals surface area contributed by atoms with Gasteiger partial charge in [-0.3, -0.25) is 0 Å². The first-order valence-corrected chi connectivity index (χ1v) is 2.72. The van der Waals surface area contributed by atoms with Crippen molar-refractivity contribution in [3.8, 4) is 0 Å². The molecular formula is C6H12N2. The Bertz CT molecular complexity index is 94.7. The second-order valence-corrected chi connectivity index (χ2v) is 1.55. The molecule has 0 spiro atoms. The molecule has 0 atom stereocenters. The lowest BCUT2D eigenvalue weighted by molar-refractivity contribution is 0.856. The summed E-state index contributed by atoms with van der Waals surface area (Å²) in [6, 6.07) is 0. The van der Waals surface area contributed by atoms with E-state index in [1.807, 2.05) is 13.8 Å². The highest BCUT2D eigenvalue weighted by Crippen LogP contribution is 1.79. The molecule has 0 heterocycles. The second-order valence-electron chi connectivity index (χ2n) is 1.55. The molecule has 0 saturated carbocycles. The molecule has 0 rings (SSSR count). The van der Waals surface area contributed by atoms with Crippen molar-refractivity contribution in [2.75, 3.05) is 6.54 Å². The summed E-state index contributed by atoms with van der Waals surface area (Å²) in [6.45, 7) is 4.89. The molecule has 0 aliphatic heterocycles. The van der Waals surface area contributed by atoms with Crippen LogP contribution in [0, 0.1) is 5.41 Å². The first-order valence-electron chi connectivity index (χ1n) is 2.72. The predicted octanol–water partition coefficient (Wildman–Crippen LogP) is 1.15. The zero-order chi connectivity index (χ0) is 6.41. The van der Waals surface area contributed by atoms with Crippen molar-refractivity contribution in [2.45, 2.75) is 13.8 Å². The third kappa shape index (κ3) is 3.40. The van der Waals surface area contributed by atoms with Crippen LogP contribution in [0.4, 0.5) is 0 Å². The molecule has 8 heavy (non-hydrogen) atoms. The highest BCUT2D eigenvalue weighted by molar-refractivity contribution is 5.68. The Balaban J connectivity index is 3.44. The smallest absolute Gasteiger partial charge is 0.0194 e. The van der Waals surface area contributed by atoms with Gasteiger partial charge in [0.1, 0.15) is 0 Å². The molecule has 0 aromatic carbocycles. The second kappa shape index (κ2) is 4.37. The molecule has 2 N–H and O–H groups in total. The van der Waals surface area contributed by atoms with Gasteiger partial charge in [0.2, 0.25) is 0 Å². The molecule has 0 aromatic heterocycles. The molecule has 2 heteroatoms. The Morgan fingerprint density at radius 3 is 2.75 bits per heavy atom. The Kier molecular flexibility index (Phi) is 3.94. The van der Waals surface area contributed by atoms with Crippen molar-refractivity contribution in [3.63, 3.8) is 0 Å². The molecule has 0 amide bonds. The van der Waals surface area contributed by atoms with Crippen LogP contribution in [0.15, 0.2) is 11.8 Å². The topological polar surface area (TPSA) is 35.9 Å². The predicted molar refractivity (Wildman–Crippen MR) is 36.2 cm³/mol. The van der Waals surface area contributed by atoms with Crippen molar-refractivity contribution in [2.24, 2.45) is 0 Å². The van der Waals surface area contributed by atoms with E-state index in [0.717, 1.165) is 12.2 Å². The van der Waals surface area contributed by atoms with Crippen molar-refractivity contribution in [1.82, 2.24) is 5.32 Å². The number of allylic oxidation sites excluding steroid dienone is 2. The van der Waals surface area contributed by atoms with Gasteiger partial charge in [-0.05, 0) is 19.9 Å². The monoisotopic (exact) mass is 112 g/mol. The van der Waals surface area contributed by atoms with Crippen LogP contribution in [-0.4, -0.2) is 12.8 Å². The Labute approximate surface area is 50.1 Å². The average molecular weight is 112 g/mol. The van der Waals surface area contributed by atoms with Gasteiger partial charge in [-0.25, -0.2) is 0 Å². The standard InChI is InChI=1S/C6H12N2/c1-3-8-6(2)4-5-7/h4-5,7-8H,3H2,1-2H3/b6-4-,7-5?. The van der Waals surface area contributed by atoms with Crippen LogP contribution >= 0.6 is 0 Å². The van der Waals surface area contributed by atoms with Gasteiger partial charge in [0.25, 0.3) is 0 Å². The molecule has 0 aliphatic carbocycles. The van der Waals surface area contributed by atoms with Gasteiger partial charge in [-0.15, -0.1) is 0 Å². The summed E-state index contributed by atoms with van der Waals surface area (Å²) in [4.78, 5) is 0. The highest BCUT2D eigenvalue weighted by atomic mass is 14.9. The van der Waals surface area contributed by atoms with E-state index in [1.54, 1.807) is 6.08 Å². The van der Waals surface area contributed by atoms with Gasteiger partial charge in [0.15, 0.2) is 0 Å². The zero-order valence-electron chi connectivity index (χ0n) is 5.36. The van der Waals surface area contributed by atoms with Crippen LogP contribution in [0.1, 0.15) is 13.8 Å². The van der Waals surface area contributed by atoms with E-state index >= 15 is 0 Å². The molecule has 0 saturated heterocycles. The molecule has 2 nitrogen and oxygen atoms in total. The minimum absolute atomic E-state index is 0.927. The third-order valence-corrected chi connectivity index (χ3v) is 0.789. The van der Waals surface area contributed by atoms with Crippen LogP contribution in [0.3, 0.4) is 0 Å². The lowest BCUT2D eigenvalue weighted by Gasteiger charge is -1.97. The SMILES string of the molecule is CCN/C(C)=C\C=N. The molecule has 0 unspecified atom stereocenters. The van der Waals surface area contributed by atoms with Crippen molar-refractivity contribution >= 4 is 6.21 Å². The lowest BCUT2D eigenvalue weighted by Crippen LogP contribution is -2.08. The lowest BCUT2D eigenvalue weighted by atomic mass is 10.4. The van der Waals surface area contributed by atoms with E-state index in [1.165, 1.54) is 6.21 Å². The van der Waals surface area contributed by atoms with Crippen LogP contribution in [0.5, 0.6) is 0 Å². The maximum atomic E-state index is 6.67. The Morgan fingerprint density at radius 1 is 1.75 bits per heavy atom. The van der Waals surface area contributed by atoms with Gasteiger partial charge in [0, 0.05) is 18.5 Å². The molecule has 0 fully saturated rings. The van der Waals surface area contributed by atoms with E-state index in [2.05, 4.69) is 5.32 Å². The minimum Gasteiger partial charge on any atom is -0.389 e. The maximum absolute atomic E-state index is 6.67. The summed E-state index contributed by atoms with van der Waals surface area (Å²) in [5.41, 5.74) is 1.04. The molecule has 0 bridgehead atoms. The molecule has 0 aromatic rings. The summed E-state index contributed by atoms with van der Waals surface area (Å²) >= 11 is 0. The summed E-state index contributed by atoms with van der Waals surface area (Å²) in [7, 11) is 0. The van der Waals surface area contributed by atoms with Gasteiger partial charge >= 0.3 is 0 Å². The molecule has 0 aliphatic rings. The number of hydrogen-bond donors (Lipinski definition) is 2. The largest absolute Gasteiger partial charge is 0.389 e. The van der Waals surface area contributed by atoms with Crippen molar-refractivity contribution in [1.29, 1.82) is 5.41 Å². The summed E-state index contributed by atoms with van der Waals surface area (Å²) in [6.07, 6.45) is 3.00. The van der Waals surface area contributed by atoms with Crippen molar-refractivity contribution < 1.29 is 0 Å². The number of nitrogens with one attached hydrogen (secondary N) is 2. The molecule has 0 radical (unpaired) electrons. The van der Waals surface area contributed by atoms with Crippen molar-refractivity contribution in [3.05, 3.63) is 11.8 Å². The summed E-state index contributed by atoms with van der Waals surface area (Å²) in [5, 5.41) is 9.73. The highest BCUT2D eigenvalue weighted by Gasteiger charge is 1.77. The normalized spacial score (nSPS) is 11.0. The van der Waals surface area contributed by atoms with Crippen LogP contribution in [0.25, 0.3) is 0 Å². The average Bonchev–Trinajstić information content (AvgIpc) is 1.68.